The molecule has 0 aliphatic rings. The van der Waals surface area contributed by atoms with E-state index in [1.54, 1.807) is 26.8 Å². The summed E-state index contributed by atoms with van der Waals surface area (Å²) in [7, 11) is 0. The van der Waals surface area contributed by atoms with Crippen LogP contribution in [0.4, 0.5) is 4.39 Å². The van der Waals surface area contributed by atoms with Crippen LogP contribution in [0.5, 0.6) is 0 Å². The molecule has 5 heteroatoms. The number of rotatable bonds is 1. The Hall–Kier alpha value is -2.17. The Morgan fingerprint density at radius 1 is 1.32 bits per heavy atom. The van der Waals surface area contributed by atoms with Crippen molar-refractivity contribution >= 4 is 16.9 Å². The molecule has 0 aliphatic heterocycles. The molecule has 1 aromatic heterocycles. The van der Waals surface area contributed by atoms with Crippen LogP contribution in [-0.2, 0) is 0 Å². The first-order valence-corrected chi connectivity index (χ1v) is 5.83. The second-order valence-electron chi connectivity index (χ2n) is 5.31. The topological polar surface area (TPSA) is 59.3 Å². The molecule has 1 heterocycles. The minimum atomic E-state index is -0.848. The van der Waals surface area contributed by atoms with Crippen molar-refractivity contribution in [3.63, 3.8) is 0 Å². The number of nitrogens with one attached hydrogen (secondary N) is 1. The number of hydrogen-bond acceptors (Lipinski definition) is 3. The van der Waals surface area contributed by atoms with Crippen LogP contribution in [-0.4, -0.2) is 11.4 Å². The molecule has 100 valence electrons. The number of carbonyl (C=O) groups is 1. The quantitative estimate of drug-likeness (QED) is 0.804. The number of para-hydroxylation sites is 1. The molecular formula is C14H14FNO3. The molecule has 2 rings (SSSR count). The summed E-state index contributed by atoms with van der Waals surface area (Å²) >= 11 is 0. The van der Waals surface area contributed by atoms with Crippen molar-refractivity contribution in [1.82, 2.24) is 5.32 Å². The van der Waals surface area contributed by atoms with Gasteiger partial charge in [-0.1, -0.05) is 12.1 Å². The summed E-state index contributed by atoms with van der Waals surface area (Å²) < 4.78 is 18.3. The molecule has 0 atom stereocenters. The number of fused-ring (bicyclic) bond motifs is 1. The molecule has 1 amide bonds. The molecule has 1 aromatic carbocycles. The van der Waals surface area contributed by atoms with E-state index in [0.717, 1.165) is 0 Å². The SMILES string of the molecule is CC(C)(C)NC(=O)c1cc2cccc(F)c2oc1=O. The number of benzene rings is 1. The van der Waals surface area contributed by atoms with Gasteiger partial charge in [0, 0.05) is 10.9 Å². The largest absolute Gasteiger partial charge is 0.419 e. The normalized spacial score (nSPS) is 11.6. The van der Waals surface area contributed by atoms with Crippen LogP contribution in [0, 0.1) is 5.82 Å². The highest BCUT2D eigenvalue weighted by atomic mass is 19.1. The van der Waals surface area contributed by atoms with Crippen molar-refractivity contribution in [3.8, 4) is 0 Å². The van der Waals surface area contributed by atoms with Crippen molar-refractivity contribution in [2.45, 2.75) is 26.3 Å². The van der Waals surface area contributed by atoms with Gasteiger partial charge < -0.3 is 9.73 Å². The smallest absolute Gasteiger partial charge is 0.349 e. The highest BCUT2D eigenvalue weighted by Gasteiger charge is 2.19. The second kappa shape index (κ2) is 4.50. The number of amides is 1. The van der Waals surface area contributed by atoms with Gasteiger partial charge >= 0.3 is 5.63 Å². The van der Waals surface area contributed by atoms with Crippen LogP contribution in [0.3, 0.4) is 0 Å². The van der Waals surface area contributed by atoms with Gasteiger partial charge in [0.15, 0.2) is 11.4 Å². The van der Waals surface area contributed by atoms with Crippen LogP contribution in [0.25, 0.3) is 11.0 Å². The summed E-state index contributed by atoms with van der Waals surface area (Å²) in [6.07, 6.45) is 0. The average Bonchev–Trinajstić information content (AvgIpc) is 2.27. The van der Waals surface area contributed by atoms with Crippen molar-refractivity contribution in [2.75, 3.05) is 0 Å². The first-order valence-electron chi connectivity index (χ1n) is 5.83. The van der Waals surface area contributed by atoms with Gasteiger partial charge in [-0.15, -0.1) is 0 Å². The van der Waals surface area contributed by atoms with Crippen molar-refractivity contribution in [3.05, 3.63) is 46.1 Å². The predicted molar refractivity (Wildman–Crippen MR) is 69.7 cm³/mol. The minimum absolute atomic E-state index is 0.131. The third-order valence-electron chi connectivity index (χ3n) is 2.45. The fourth-order valence-electron chi connectivity index (χ4n) is 1.68. The standard InChI is InChI=1S/C14H14FNO3/c1-14(2,3)16-12(17)9-7-8-5-4-6-10(15)11(8)19-13(9)18/h4-7H,1-3H3,(H,16,17). The van der Waals surface area contributed by atoms with E-state index in [1.165, 1.54) is 18.2 Å². The van der Waals surface area contributed by atoms with E-state index in [1.807, 2.05) is 0 Å². The Labute approximate surface area is 109 Å². The molecule has 4 nitrogen and oxygen atoms in total. The lowest BCUT2D eigenvalue weighted by Gasteiger charge is -2.20. The zero-order chi connectivity index (χ0) is 14.2. The molecule has 0 aliphatic carbocycles. The van der Waals surface area contributed by atoms with Gasteiger partial charge in [-0.05, 0) is 32.9 Å². The summed E-state index contributed by atoms with van der Waals surface area (Å²) in [5.41, 5.74) is -1.59. The molecule has 0 saturated heterocycles. The maximum Gasteiger partial charge on any atom is 0.349 e. The molecule has 2 aromatic rings. The van der Waals surface area contributed by atoms with Crippen LogP contribution in [0.15, 0.2) is 33.5 Å². The number of halogens is 1. The van der Waals surface area contributed by atoms with Crippen LogP contribution >= 0.6 is 0 Å². The summed E-state index contributed by atoms with van der Waals surface area (Å²) in [5.74, 6) is -1.16. The Morgan fingerprint density at radius 2 is 2.00 bits per heavy atom. The molecule has 0 saturated carbocycles. The lowest BCUT2D eigenvalue weighted by molar-refractivity contribution is 0.0916. The molecule has 0 unspecified atom stereocenters. The number of hydrogen-bond donors (Lipinski definition) is 1. The second-order valence-corrected chi connectivity index (χ2v) is 5.31. The molecule has 0 radical (unpaired) electrons. The molecule has 1 N–H and O–H groups in total. The highest BCUT2D eigenvalue weighted by Crippen LogP contribution is 2.17. The molecular weight excluding hydrogens is 249 g/mol. The summed E-state index contributed by atoms with van der Waals surface area (Å²) in [5, 5.41) is 3.04. The summed E-state index contributed by atoms with van der Waals surface area (Å²) in [4.78, 5) is 23.7. The first kappa shape index (κ1) is 13.3. The maximum atomic E-state index is 13.4. The van der Waals surface area contributed by atoms with E-state index in [-0.39, 0.29) is 11.1 Å². The van der Waals surface area contributed by atoms with E-state index in [2.05, 4.69) is 5.32 Å². The lowest BCUT2D eigenvalue weighted by atomic mass is 10.1. The van der Waals surface area contributed by atoms with Gasteiger partial charge in [0.05, 0.1) is 0 Å². The Balaban J connectivity index is 2.54. The number of carbonyl (C=O) groups excluding carboxylic acids is 1. The van der Waals surface area contributed by atoms with Crippen molar-refractivity contribution in [1.29, 1.82) is 0 Å². The summed E-state index contributed by atoms with van der Waals surface area (Å²) in [6, 6.07) is 5.60. The average molecular weight is 263 g/mol. The zero-order valence-electron chi connectivity index (χ0n) is 10.9. The predicted octanol–water partition coefficient (Wildman–Crippen LogP) is 2.46. The first-order chi connectivity index (χ1) is 8.78. The fourth-order valence-corrected chi connectivity index (χ4v) is 1.68. The van der Waals surface area contributed by atoms with Gasteiger partial charge in [-0.2, -0.15) is 0 Å². The Morgan fingerprint density at radius 3 is 2.63 bits per heavy atom. The van der Waals surface area contributed by atoms with Gasteiger partial charge in [-0.25, -0.2) is 9.18 Å². The minimum Gasteiger partial charge on any atom is -0.419 e. The Kier molecular flexibility index (Phi) is 3.14. The zero-order valence-corrected chi connectivity index (χ0v) is 10.9. The van der Waals surface area contributed by atoms with Gasteiger partial charge in [0.25, 0.3) is 5.91 Å². The molecule has 0 spiro atoms. The molecule has 19 heavy (non-hydrogen) atoms. The van der Waals surface area contributed by atoms with Crippen LogP contribution < -0.4 is 10.9 Å². The lowest BCUT2D eigenvalue weighted by Crippen LogP contribution is -2.42. The van der Waals surface area contributed by atoms with E-state index in [0.29, 0.717) is 5.39 Å². The van der Waals surface area contributed by atoms with E-state index >= 15 is 0 Å². The third kappa shape index (κ3) is 2.81. The van der Waals surface area contributed by atoms with Crippen LogP contribution in [0.2, 0.25) is 0 Å². The van der Waals surface area contributed by atoms with Gasteiger partial charge in [0.1, 0.15) is 5.56 Å². The van der Waals surface area contributed by atoms with E-state index in [4.69, 9.17) is 4.42 Å². The fraction of sp³-hybridized carbons (Fsp3) is 0.286. The van der Waals surface area contributed by atoms with E-state index in [9.17, 15) is 14.0 Å². The molecule has 0 fully saturated rings. The third-order valence-corrected chi connectivity index (χ3v) is 2.45. The molecule has 0 bridgehead atoms. The Bertz CT molecular complexity index is 698. The van der Waals surface area contributed by atoms with E-state index < -0.39 is 22.9 Å². The van der Waals surface area contributed by atoms with Crippen molar-refractivity contribution in [2.24, 2.45) is 0 Å². The monoisotopic (exact) mass is 263 g/mol. The van der Waals surface area contributed by atoms with Crippen molar-refractivity contribution < 1.29 is 13.6 Å². The maximum absolute atomic E-state index is 13.4. The van der Waals surface area contributed by atoms with Gasteiger partial charge in [0.2, 0.25) is 0 Å². The van der Waals surface area contributed by atoms with Crippen LogP contribution in [0.1, 0.15) is 31.1 Å². The van der Waals surface area contributed by atoms with Gasteiger partial charge in [-0.3, -0.25) is 4.79 Å². The highest BCUT2D eigenvalue weighted by molar-refractivity contribution is 5.97. The summed E-state index contributed by atoms with van der Waals surface area (Å²) in [6.45, 7) is 5.40.